The van der Waals surface area contributed by atoms with E-state index in [9.17, 15) is 14.4 Å². The number of nitrogens with one attached hydrogen (secondary N) is 1. The van der Waals surface area contributed by atoms with E-state index in [1.54, 1.807) is 0 Å². The number of aryl methyl sites for hydroxylation is 2. The Balaban J connectivity index is 1.74. The molecule has 1 aliphatic heterocycles. The van der Waals surface area contributed by atoms with E-state index < -0.39 is 11.2 Å². The van der Waals surface area contributed by atoms with Gasteiger partial charge >= 0.3 is 11.7 Å². The smallest absolute Gasteiger partial charge is 0.336 e. The predicted octanol–water partition coefficient (Wildman–Crippen LogP) is 3.41. The highest BCUT2D eigenvalue weighted by molar-refractivity contribution is 6.07. The van der Waals surface area contributed by atoms with Gasteiger partial charge in [0.1, 0.15) is 11.1 Å². The molecular weight excluding hydrogens is 344 g/mol. The van der Waals surface area contributed by atoms with E-state index in [1.807, 2.05) is 32.9 Å². The number of carbonyl (C=O) groups is 2. The second-order valence-corrected chi connectivity index (χ2v) is 7.91. The second kappa shape index (κ2) is 6.22. The first kappa shape index (κ1) is 17.8. The third-order valence-electron chi connectivity index (χ3n) is 6.35. The average molecular weight is 368 g/mol. The molecule has 4 rings (SSSR count). The van der Waals surface area contributed by atoms with Gasteiger partial charge < -0.3 is 9.73 Å². The van der Waals surface area contributed by atoms with E-state index in [0.29, 0.717) is 17.6 Å². The molecule has 1 saturated heterocycles. The molecule has 2 atom stereocenters. The van der Waals surface area contributed by atoms with Gasteiger partial charge in [-0.25, -0.2) is 9.59 Å². The van der Waals surface area contributed by atoms with Gasteiger partial charge in [-0.15, -0.1) is 0 Å². The largest absolute Gasteiger partial charge is 0.422 e. The number of urea groups is 1. The molecule has 142 valence electrons. The van der Waals surface area contributed by atoms with Gasteiger partial charge in [0.2, 0.25) is 0 Å². The molecule has 6 nitrogen and oxygen atoms in total. The van der Waals surface area contributed by atoms with E-state index in [2.05, 4.69) is 5.32 Å². The molecule has 2 fully saturated rings. The van der Waals surface area contributed by atoms with Crippen molar-refractivity contribution >= 4 is 22.9 Å². The summed E-state index contributed by atoms with van der Waals surface area (Å²) in [5, 5.41) is 3.72. The van der Waals surface area contributed by atoms with Crippen LogP contribution in [0.5, 0.6) is 0 Å². The van der Waals surface area contributed by atoms with Crippen LogP contribution in [-0.4, -0.2) is 22.4 Å². The first-order valence-corrected chi connectivity index (χ1v) is 9.50. The van der Waals surface area contributed by atoms with Crippen LogP contribution in [0.3, 0.4) is 0 Å². The molecule has 1 spiro atoms. The van der Waals surface area contributed by atoms with E-state index in [0.717, 1.165) is 35.8 Å². The van der Waals surface area contributed by atoms with Crippen LogP contribution < -0.4 is 10.9 Å². The van der Waals surface area contributed by atoms with Gasteiger partial charge in [-0.1, -0.05) is 31.9 Å². The molecule has 1 N–H and O–H groups in total. The maximum Gasteiger partial charge on any atom is 0.336 e. The molecule has 0 bridgehead atoms. The number of rotatable bonds is 2. The highest BCUT2D eigenvalue weighted by atomic mass is 16.4. The van der Waals surface area contributed by atoms with Crippen molar-refractivity contribution < 1.29 is 14.0 Å². The number of hydrogen-bond acceptors (Lipinski definition) is 4. The zero-order valence-electron chi connectivity index (χ0n) is 15.9. The summed E-state index contributed by atoms with van der Waals surface area (Å²) in [6, 6.07) is 4.84. The standard InChI is InChI=1S/C21H24N2O4/c1-12-7-8-16-15(10-17(24)27-18(16)14(12)3)11-23-19(25)21(22-20(23)26)9-5-4-6-13(21)2/h7-8,10,13H,4-6,9,11H2,1-3H3,(H,22,26)/t13-,21-/m0/s1. The Kier molecular flexibility index (Phi) is 4.09. The lowest BCUT2D eigenvalue weighted by atomic mass is 9.73. The Labute approximate surface area is 157 Å². The lowest BCUT2D eigenvalue weighted by Gasteiger charge is -2.36. The normalized spacial score (nSPS) is 25.4. The minimum atomic E-state index is -0.795. The van der Waals surface area contributed by atoms with Crippen LogP contribution in [0, 0.1) is 19.8 Å². The van der Waals surface area contributed by atoms with Crippen molar-refractivity contribution in [1.82, 2.24) is 10.2 Å². The first-order valence-electron chi connectivity index (χ1n) is 9.50. The van der Waals surface area contributed by atoms with Crippen LogP contribution >= 0.6 is 0 Å². The summed E-state index contributed by atoms with van der Waals surface area (Å²) in [6.45, 7) is 5.95. The molecule has 2 heterocycles. The number of nitrogens with zero attached hydrogens (tertiary/aromatic N) is 1. The van der Waals surface area contributed by atoms with Crippen molar-refractivity contribution in [2.24, 2.45) is 5.92 Å². The molecule has 1 aromatic heterocycles. The van der Waals surface area contributed by atoms with Crippen molar-refractivity contribution in [2.45, 2.75) is 58.5 Å². The molecule has 6 heteroatoms. The third-order valence-corrected chi connectivity index (χ3v) is 6.35. The van der Waals surface area contributed by atoms with Gasteiger partial charge in [0, 0.05) is 11.5 Å². The van der Waals surface area contributed by atoms with E-state index in [4.69, 9.17) is 4.42 Å². The summed E-state index contributed by atoms with van der Waals surface area (Å²) in [7, 11) is 0. The second-order valence-electron chi connectivity index (χ2n) is 7.91. The maximum atomic E-state index is 13.2. The minimum absolute atomic E-state index is 0.0732. The zero-order chi connectivity index (χ0) is 19.3. The number of imide groups is 1. The van der Waals surface area contributed by atoms with Crippen LogP contribution in [0.4, 0.5) is 4.79 Å². The molecular formula is C21H24N2O4. The lowest BCUT2D eigenvalue weighted by Crippen LogP contribution is -2.53. The average Bonchev–Trinajstić information content (AvgIpc) is 2.86. The maximum absolute atomic E-state index is 13.2. The number of carbonyl (C=O) groups excluding carboxylic acids is 2. The molecule has 2 aliphatic rings. The minimum Gasteiger partial charge on any atom is -0.422 e. The topological polar surface area (TPSA) is 79.6 Å². The molecule has 1 aromatic carbocycles. The summed E-state index contributed by atoms with van der Waals surface area (Å²) < 4.78 is 5.40. The Bertz CT molecular complexity index is 1010. The first-order chi connectivity index (χ1) is 12.8. The molecule has 0 radical (unpaired) electrons. The number of hydrogen-bond donors (Lipinski definition) is 1. The van der Waals surface area contributed by atoms with Gasteiger partial charge in [-0.2, -0.15) is 0 Å². The van der Waals surface area contributed by atoms with Crippen molar-refractivity contribution in [2.75, 3.05) is 0 Å². The molecule has 0 unspecified atom stereocenters. The van der Waals surface area contributed by atoms with Gasteiger partial charge in [-0.3, -0.25) is 9.69 Å². The summed E-state index contributed by atoms with van der Waals surface area (Å²) in [4.78, 5) is 39.2. The Morgan fingerprint density at radius 2 is 2.00 bits per heavy atom. The van der Waals surface area contributed by atoms with Crippen molar-refractivity contribution in [3.8, 4) is 0 Å². The van der Waals surface area contributed by atoms with Gasteiger partial charge in [0.05, 0.1) is 6.54 Å². The quantitative estimate of drug-likeness (QED) is 0.651. The fourth-order valence-corrected chi connectivity index (χ4v) is 4.46. The summed E-state index contributed by atoms with van der Waals surface area (Å²) in [6.07, 6.45) is 3.61. The number of fused-ring (bicyclic) bond motifs is 1. The lowest BCUT2D eigenvalue weighted by molar-refractivity contribution is -0.134. The van der Waals surface area contributed by atoms with E-state index in [1.165, 1.54) is 11.0 Å². The zero-order valence-corrected chi connectivity index (χ0v) is 15.9. The van der Waals surface area contributed by atoms with E-state index >= 15 is 0 Å². The van der Waals surface area contributed by atoms with Crippen LogP contribution in [0.15, 0.2) is 27.4 Å². The predicted molar refractivity (Wildman–Crippen MR) is 101 cm³/mol. The SMILES string of the molecule is Cc1ccc2c(CN3C(=O)N[C@]4(CCCC[C@@H]4C)C3=O)cc(=O)oc2c1C. The van der Waals surface area contributed by atoms with Crippen LogP contribution in [0.2, 0.25) is 0 Å². The fourth-order valence-electron chi connectivity index (χ4n) is 4.46. The summed E-state index contributed by atoms with van der Waals surface area (Å²) in [5.74, 6) is -0.0693. The fraction of sp³-hybridized carbons (Fsp3) is 0.476. The van der Waals surface area contributed by atoms with E-state index in [-0.39, 0.29) is 24.4 Å². The summed E-state index contributed by atoms with van der Waals surface area (Å²) in [5.41, 5.74) is 1.79. The number of benzene rings is 1. The van der Waals surface area contributed by atoms with Crippen LogP contribution in [-0.2, 0) is 11.3 Å². The molecule has 3 amide bonds. The highest BCUT2D eigenvalue weighted by Gasteiger charge is 2.54. The van der Waals surface area contributed by atoms with Crippen molar-refractivity contribution in [1.29, 1.82) is 0 Å². The Hall–Kier alpha value is -2.63. The summed E-state index contributed by atoms with van der Waals surface area (Å²) >= 11 is 0. The monoisotopic (exact) mass is 368 g/mol. The number of amides is 3. The Morgan fingerprint density at radius 3 is 2.74 bits per heavy atom. The highest BCUT2D eigenvalue weighted by Crippen LogP contribution is 2.39. The third kappa shape index (κ3) is 2.66. The Morgan fingerprint density at radius 1 is 1.22 bits per heavy atom. The van der Waals surface area contributed by atoms with Gasteiger partial charge in [0.15, 0.2) is 0 Å². The molecule has 1 saturated carbocycles. The molecule has 27 heavy (non-hydrogen) atoms. The molecule has 2 aromatic rings. The van der Waals surface area contributed by atoms with Crippen LogP contribution in [0.25, 0.3) is 11.0 Å². The molecule has 1 aliphatic carbocycles. The van der Waals surface area contributed by atoms with Gasteiger partial charge in [-0.05, 0) is 49.3 Å². The van der Waals surface area contributed by atoms with Crippen molar-refractivity contribution in [3.63, 3.8) is 0 Å². The van der Waals surface area contributed by atoms with Crippen molar-refractivity contribution in [3.05, 3.63) is 45.3 Å². The van der Waals surface area contributed by atoms with Crippen LogP contribution in [0.1, 0.15) is 49.3 Å². The van der Waals surface area contributed by atoms with Gasteiger partial charge in [0.25, 0.3) is 5.91 Å².